The van der Waals surface area contributed by atoms with Crippen LogP contribution in [0.1, 0.15) is 16.1 Å². The number of rotatable bonds is 1. The number of para-hydroxylation sites is 1. The van der Waals surface area contributed by atoms with Crippen LogP contribution < -0.4 is 10.6 Å². The molecular formula is C13H13N3O. The monoisotopic (exact) mass is 227 g/mol. The molecule has 0 aliphatic carbocycles. The number of benzene rings is 1. The Labute approximate surface area is 99.0 Å². The van der Waals surface area contributed by atoms with Gasteiger partial charge < -0.3 is 15.6 Å². The van der Waals surface area contributed by atoms with Crippen molar-refractivity contribution in [3.05, 3.63) is 47.8 Å². The molecule has 4 nitrogen and oxygen atoms in total. The first-order valence-corrected chi connectivity index (χ1v) is 5.60. The second-order valence-electron chi connectivity index (χ2n) is 4.15. The fourth-order valence-electron chi connectivity index (χ4n) is 2.30. The molecule has 1 amide bonds. The minimum absolute atomic E-state index is 0.0216. The molecule has 2 aromatic rings. The summed E-state index contributed by atoms with van der Waals surface area (Å²) in [6.07, 6.45) is 2.62. The van der Waals surface area contributed by atoms with Crippen molar-refractivity contribution in [3.8, 4) is 0 Å². The number of hydrogen-bond donors (Lipinski definition) is 2. The lowest BCUT2D eigenvalue weighted by atomic mass is 10.1. The van der Waals surface area contributed by atoms with E-state index in [2.05, 4.69) is 4.98 Å². The maximum absolute atomic E-state index is 12.3. The first-order valence-electron chi connectivity index (χ1n) is 5.60. The summed E-state index contributed by atoms with van der Waals surface area (Å²) in [5.74, 6) is -0.0216. The first-order chi connectivity index (χ1) is 8.27. The fraction of sp³-hybridized carbons (Fsp3) is 0.154. The predicted molar refractivity (Wildman–Crippen MR) is 67.0 cm³/mol. The Balaban J connectivity index is 2.02. The lowest BCUT2D eigenvalue weighted by molar-refractivity contribution is 0.0985. The second kappa shape index (κ2) is 3.66. The van der Waals surface area contributed by atoms with Crippen molar-refractivity contribution in [1.29, 1.82) is 0 Å². The number of aromatic amines is 1. The number of H-pyrrole nitrogens is 1. The van der Waals surface area contributed by atoms with Crippen molar-refractivity contribution in [3.63, 3.8) is 0 Å². The average molecular weight is 227 g/mol. The van der Waals surface area contributed by atoms with E-state index in [-0.39, 0.29) is 5.91 Å². The van der Waals surface area contributed by atoms with Crippen LogP contribution in [0.15, 0.2) is 36.5 Å². The first kappa shape index (κ1) is 9.96. The van der Waals surface area contributed by atoms with E-state index in [0.29, 0.717) is 17.9 Å². The average Bonchev–Trinajstić information content (AvgIpc) is 2.98. The maximum atomic E-state index is 12.3. The lowest BCUT2D eigenvalue weighted by Crippen LogP contribution is -2.29. The smallest absolute Gasteiger partial charge is 0.274 e. The number of nitrogens with zero attached hydrogens (tertiary/aromatic N) is 1. The number of nitrogen functional groups attached to an aromatic ring is 1. The van der Waals surface area contributed by atoms with Crippen molar-refractivity contribution in [2.75, 3.05) is 17.2 Å². The van der Waals surface area contributed by atoms with Gasteiger partial charge in [0.05, 0.1) is 11.4 Å². The molecule has 1 aromatic carbocycles. The molecule has 0 saturated heterocycles. The summed E-state index contributed by atoms with van der Waals surface area (Å²) in [7, 11) is 0. The van der Waals surface area contributed by atoms with Crippen LogP contribution in [0.5, 0.6) is 0 Å². The highest BCUT2D eigenvalue weighted by molar-refractivity contribution is 6.07. The number of carbonyl (C=O) groups excluding carboxylic acids is 1. The summed E-state index contributed by atoms with van der Waals surface area (Å²) in [4.78, 5) is 16.9. The van der Waals surface area contributed by atoms with E-state index < -0.39 is 0 Å². The Morgan fingerprint density at radius 3 is 2.94 bits per heavy atom. The van der Waals surface area contributed by atoms with Crippen molar-refractivity contribution in [2.24, 2.45) is 0 Å². The topological polar surface area (TPSA) is 62.1 Å². The molecule has 0 bridgehead atoms. The summed E-state index contributed by atoms with van der Waals surface area (Å²) in [6, 6.07) is 9.38. The Morgan fingerprint density at radius 2 is 2.18 bits per heavy atom. The third kappa shape index (κ3) is 1.49. The molecule has 17 heavy (non-hydrogen) atoms. The Hall–Kier alpha value is -2.23. The minimum Gasteiger partial charge on any atom is -0.397 e. The van der Waals surface area contributed by atoms with Crippen molar-refractivity contribution in [2.45, 2.75) is 6.42 Å². The lowest BCUT2D eigenvalue weighted by Gasteiger charge is -2.18. The second-order valence-corrected chi connectivity index (χ2v) is 4.15. The molecule has 0 fully saturated rings. The van der Waals surface area contributed by atoms with E-state index in [0.717, 1.165) is 17.7 Å². The quantitative estimate of drug-likeness (QED) is 0.730. The van der Waals surface area contributed by atoms with Crippen LogP contribution in [0.4, 0.5) is 11.4 Å². The molecule has 1 aromatic heterocycles. The fourth-order valence-corrected chi connectivity index (χ4v) is 2.30. The van der Waals surface area contributed by atoms with Gasteiger partial charge in [0.1, 0.15) is 5.69 Å². The van der Waals surface area contributed by atoms with Gasteiger partial charge in [0.25, 0.3) is 5.91 Å². The summed E-state index contributed by atoms with van der Waals surface area (Å²) < 4.78 is 0. The third-order valence-corrected chi connectivity index (χ3v) is 3.10. The van der Waals surface area contributed by atoms with Crippen LogP contribution in [0.3, 0.4) is 0 Å². The molecule has 0 unspecified atom stereocenters. The van der Waals surface area contributed by atoms with Crippen LogP contribution in [-0.4, -0.2) is 17.4 Å². The number of anilines is 2. The molecule has 4 heteroatoms. The predicted octanol–water partition coefficient (Wildman–Crippen LogP) is 1.80. The number of hydrogen-bond acceptors (Lipinski definition) is 2. The largest absolute Gasteiger partial charge is 0.397 e. The normalized spacial score (nSPS) is 13.8. The molecule has 3 rings (SSSR count). The molecule has 1 aliphatic rings. The molecule has 0 radical (unpaired) electrons. The maximum Gasteiger partial charge on any atom is 0.274 e. The van der Waals surface area contributed by atoms with Gasteiger partial charge in [0.15, 0.2) is 0 Å². The summed E-state index contributed by atoms with van der Waals surface area (Å²) >= 11 is 0. The van der Waals surface area contributed by atoms with Gasteiger partial charge in [0.2, 0.25) is 0 Å². The molecule has 3 N–H and O–H groups in total. The van der Waals surface area contributed by atoms with Crippen LogP contribution in [-0.2, 0) is 6.42 Å². The number of nitrogens with one attached hydrogen (secondary N) is 1. The van der Waals surface area contributed by atoms with E-state index in [9.17, 15) is 4.79 Å². The van der Waals surface area contributed by atoms with Crippen LogP contribution >= 0.6 is 0 Å². The zero-order valence-electron chi connectivity index (χ0n) is 9.31. The van der Waals surface area contributed by atoms with Gasteiger partial charge in [0, 0.05) is 12.7 Å². The van der Waals surface area contributed by atoms with Crippen LogP contribution in [0.25, 0.3) is 0 Å². The van der Waals surface area contributed by atoms with Gasteiger partial charge in [-0.05, 0) is 30.2 Å². The van der Waals surface area contributed by atoms with Gasteiger partial charge in [-0.2, -0.15) is 0 Å². The van der Waals surface area contributed by atoms with Crippen molar-refractivity contribution < 1.29 is 4.79 Å². The molecule has 0 atom stereocenters. The van der Waals surface area contributed by atoms with E-state index in [1.165, 1.54) is 0 Å². The summed E-state index contributed by atoms with van der Waals surface area (Å²) in [5.41, 5.74) is 9.23. The Kier molecular flexibility index (Phi) is 2.14. The highest BCUT2D eigenvalue weighted by atomic mass is 16.2. The molecule has 1 aliphatic heterocycles. The Bertz CT molecular complexity index is 560. The van der Waals surface area contributed by atoms with Gasteiger partial charge in [-0.1, -0.05) is 12.1 Å². The highest BCUT2D eigenvalue weighted by Gasteiger charge is 2.27. The molecule has 86 valence electrons. The number of amides is 1. The third-order valence-electron chi connectivity index (χ3n) is 3.10. The SMILES string of the molecule is Nc1cccc2c1N(C(=O)c1ccc[nH]1)CC2. The number of aromatic nitrogens is 1. The van der Waals surface area contributed by atoms with E-state index in [1.54, 1.807) is 17.2 Å². The van der Waals surface area contributed by atoms with Gasteiger partial charge >= 0.3 is 0 Å². The van der Waals surface area contributed by atoms with Gasteiger partial charge in [-0.3, -0.25) is 4.79 Å². The zero-order chi connectivity index (χ0) is 11.8. The van der Waals surface area contributed by atoms with Crippen molar-refractivity contribution in [1.82, 2.24) is 4.98 Å². The van der Waals surface area contributed by atoms with Gasteiger partial charge in [-0.25, -0.2) is 0 Å². The standard InChI is InChI=1S/C13H13N3O/c14-10-4-1-3-9-6-8-16(12(9)10)13(17)11-5-2-7-15-11/h1-5,7,15H,6,8,14H2. The van der Waals surface area contributed by atoms with Crippen LogP contribution in [0.2, 0.25) is 0 Å². The molecule has 0 spiro atoms. The zero-order valence-corrected chi connectivity index (χ0v) is 9.31. The molecule has 0 saturated carbocycles. The number of carbonyl (C=O) groups is 1. The molecular weight excluding hydrogens is 214 g/mol. The van der Waals surface area contributed by atoms with E-state index in [4.69, 9.17) is 5.73 Å². The minimum atomic E-state index is -0.0216. The van der Waals surface area contributed by atoms with Crippen LogP contribution in [0, 0.1) is 0 Å². The summed E-state index contributed by atoms with van der Waals surface area (Å²) in [5, 5.41) is 0. The summed E-state index contributed by atoms with van der Waals surface area (Å²) in [6.45, 7) is 0.696. The molecule has 2 heterocycles. The Morgan fingerprint density at radius 1 is 1.29 bits per heavy atom. The van der Waals surface area contributed by atoms with Gasteiger partial charge in [-0.15, -0.1) is 0 Å². The van der Waals surface area contributed by atoms with Crippen molar-refractivity contribution >= 4 is 17.3 Å². The van der Waals surface area contributed by atoms with E-state index >= 15 is 0 Å². The number of fused-ring (bicyclic) bond motifs is 1. The number of nitrogens with two attached hydrogens (primary N) is 1. The highest BCUT2D eigenvalue weighted by Crippen LogP contribution is 2.34. The van der Waals surface area contributed by atoms with E-state index in [1.807, 2.05) is 24.3 Å².